The highest BCUT2D eigenvalue weighted by Crippen LogP contribution is 2.31. The van der Waals surface area contributed by atoms with Gasteiger partial charge in [-0.1, -0.05) is 18.1 Å². The van der Waals surface area contributed by atoms with Gasteiger partial charge in [-0.3, -0.25) is 4.79 Å². The Hall–Kier alpha value is -4.69. The molecule has 5 aromatic rings. The molecule has 4 aromatic heterocycles. The molecular formula is C27H19F3N6O2. The summed E-state index contributed by atoms with van der Waals surface area (Å²) in [6.45, 7) is 2.22. The Morgan fingerprint density at radius 3 is 2.55 bits per heavy atom. The van der Waals surface area contributed by atoms with Crippen molar-refractivity contribution in [2.24, 2.45) is 0 Å². The Balaban J connectivity index is 1.29. The standard InChI is InChI=1S/C27H19F3N6O2/c28-27(29,30)20-13-22-19(14-32-25(22)33-15-20)5-6-21-16-31-24-8-7-23(34-36(21)24)17-1-3-18(4-2-17)26(37)35-9-11-38-12-10-35/h1-4,7-8,13-16H,9-12H2,(H,32,33). The Bertz CT molecular complexity index is 1720. The van der Waals surface area contributed by atoms with Crippen molar-refractivity contribution in [2.45, 2.75) is 6.18 Å². The Morgan fingerprint density at radius 2 is 1.79 bits per heavy atom. The molecule has 0 atom stereocenters. The number of aromatic nitrogens is 5. The van der Waals surface area contributed by atoms with E-state index in [1.165, 1.54) is 6.20 Å². The topological polar surface area (TPSA) is 88.4 Å². The number of carbonyl (C=O) groups is 1. The molecule has 6 rings (SSSR count). The lowest BCUT2D eigenvalue weighted by Gasteiger charge is -2.26. The molecule has 1 aliphatic heterocycles. The number of nitrogens with zero attached hydrogens (tertiary/aromatic N) is 5. The molecular weight excluding hydrogens is 497 g/mol. The zero-order valence-corrected chi connectivity index (χ0v) is 19.8. The third-order valence-electron chi connectivity index (χ3n) is 6.27. The van der Waals surface area contributed by atoms with E-state index < -0.39 is 11.7 Å². The summed E-state index contributed by atoms with van der Waals surface area (Å²) >= 11 is 0. The fourth-order valence-corrected chi connectivity index (χ4v) is 4.24. The highest BCUT2D eigenvalue weighted by atomic mass is 19.4. The van der Waals surface area contributed by atoms with Crippen LogP contribution in [-0.2, 0) is 10.9 Å². The first-order valence-electron chi connectivity index (χ1n) is 11.8. The van der Waals surface area contributed by atoms with Gasteiger partial charge in [-0.15, -0.1) is 0 Å². The first-order valence-corrected chi connectivity index (χ1v) is 11.8. The molecule has 1 N–H and O–H groups in total. The van der Waals surface area contributed by atoms with E-state index in [9.17, 15) is 18.0 Å². The minimum Gasteiger partial charge on any atom is -0.378 e. The van der Waals surface area contributed by atoms with Gasteiger partial charge in [-0.25, -0.2) is 14.5 Å². The Kier molecular flexibility index (Phi) is 5.81. The van der Waals surface area contributed by atoms with Gasteiger partial charge in [0, 0.05) is 42.0 Å². The van der Waals surface area contributed by atoms with Crippen LogP contribution in [0.2, 0.25) is 0 Å². The highest BCUT2D eigenvalue weighted by molar-refractivity contribution is 5.94. The van der Waals surface area contributed by atoms with Gasteiger partial charge in [0.15, 0.2) is 5.65 Å². The number of morpholine rings is 1. The van der Waals surface area contributed by atoms with Crippen molar-refractivity contribution < 1.29 is 22.7 Å². The second-order valence-electron chi connectivity index (χ2n) is 8.68. The van der Waals surface area contributed by atoms with E-state index in [4.69, 9.17) is 4.74 Å². The number of benzene rings is 1. The van der Waals surface area contributed by atoms with Gasteiger partial charge >= 0.3 is 6.18 Å². The summed E-state index contributed by atoms with van der Waals surface area (Å²) in [5, 5.41) is 4.93. The first kappa shape index (κ1) is 23.7. The van der Waals surface area contributed by atoms with E-state index in [-0.39, 0.29) is 11.3 Å². The lowest BCUT2D eigenvalue weighted by atomic mass is 10.1. The second-order valence-corrected chi connectivity index (χ2v) is 8.68. The summed E-state index contributed by atoms with van der Waals surface area (Å²) in [4.78, 5) is 25.5. The zero-order valence-electron chi connectivity index (χ0n) is 19.8. The average Bonchev–Trinajstić information content (AvgIpc) is 3.54. The highest BCUT2D eigenvalue weighted by Gasteiger charge is 2.31. The average molecular weight is 516 g/mol. The van der Waals surface area contributed by atoms with E-state index in [0.29, 0.717) is 60.1 Å². The van der Waals surface area contributed by atoms with Crippen LogP contribution in [0.15, 0.2) is 61.1 Å². The predicted octanol–water partition coefficient (Wildman–Crippen LogP) is 4.16. The summed E-state index contributed by atoms with van der Waals surface area (Å²) in [7, 11) is 0. The second kappa shape index (κ2) is 9.32. The van der Waals surface area contributed by atoms with Crippen LogP contribution in [0.25, 0.3) is 27.9 Å². The number of rotatable bonds is 2. The van der Waals surface area contributed by atoms with Crippen LogP contribution in [0.3, 0.4) is 0 Å². The predicted molar refractivity (Wildman–Crippen MR) is 132 cm³/mol. The monoisotopic (exact) mass is 516 g/mol. The fraction of sp³-hybridized carbons (Fsp3) is 0.185. The molecule has 11 heteroatoms. The smallest absolute Gasteiger partial charge is 0.378 e. The van der Waals surface area contributed by atoms with Crippen molar-refractivity contribution in [3.8, 4) is 23.1 Å². The van der Waals surface area contributed by atoms with E-state index >= 15 is 0 Å². The summed E-state index contributed by atoms with van der Waals surface area (Å²) in [6, 6.07) is 11.9. The van der Waals surface area contributed by atoms with Crippen LogP contribution in [0, 0.1) is 11.8 Å². The number of alkyl halides is 3. The molecule has 8 nitrogen and oxygen atoms in total. The van der Waals surface area contributed by atoms with E-state index in [1.54, 1.807) is 33.8 Å². The summed E-state index contributed by atoms with van der Waals surface area (Å²) in [6.07, 6.45) is -0.639. The van der Waals surface area contributed by atoms with Crippen LogP contribution >= 0.6 is 0 Å². The third kappa shape index (κ3) is 4.46. The molecule has 0 unspecified atom stereocenters. The molecule has 190 valence electrons. The quantitative estimate of drug-likeness (QED) is 0.356. The minimum absolute atomic E-state index is 0.0368. The molecule has 0 saturated carbocycles. The normalized spacial score (nSPS) is 14.0. The molecule has 1 fully saturated rings. The Morgan fingerprint density at radius 1 is 1.00 bits per heavy atom. The first-order chi connectivity index (χ1) is 18.4. The number of H-pyrrole nitrogens is 1. The summed E-state index contributed by atoms with van der Waals surface area (Å²) in [5.41, 5.74) is 2.93. The Labute approximate surface area is 214 Å². The maximum absolute atomic E-state index is 13.1. The molecule has 0 bridgehead atoms. The number of ether oxygens (including phenoxy) is 1. The molecule has 0 radical (unpaired) electrons. The molecule has 1 amide bonds. The number of aromatic amines is 1. The van der Waals surface area contributed by atoms with Gasteiger partial charge in [0.25, 0.3) is 5.91 Å². The minimum atomic E-state index is -4.50. The van der Waals surface area contributed by atoms with Gasteiger partial charge in [-0.05, 0) is 36.3 Å². The van der Waals surface area contributed by atoms with Crippen molar-refractivity contribution in [1.29, 1.82) is 0 Å². The van der Waals surface area contributed by atoms with Crippen LogP contribution in [-0.4, -0.2) is 61.7 Å². The maximum atomic E-state index is 13.1. The van der Waals surface area contributed by atoms with Crippen molar-refractivity contribution in [3.05, 3.63) is 83.4 Å². The van der Waals surface area contributed by atoms with Crippen LogP contribution in [0.5, 0.6) is 0 Å². The fourth-order valence-electron chi connectivity index (χ4n) is 4.24. The van der Waals surface area contributed by atoms with E-state index in [1.807, 2.05) is 18.2 Å². The van der Waals surface area contributed by atoms with Crippen LogP contribution < -0.4 is 0 Å². The maximum Gasteiger partial charge on any atom is 0.417 e. The van der Waals surface area contributed by atoms with Gasteiger partial charge in [-0.2, -0.15) is 18.3 Å². The lowest BCUT2D eigenvalue weighted by Crippen LogP contribution is -2.40. The molecule has 0 aliphatic carbocycles. The van der Waals surface area contributed by atoms with E-state index in [2.05, 4.69) is 31.9 Å². The van der Waals surface area contributed by atoms with Crippen molar-refractivity contribution in [3.63, 3.8) is 0 Å². The molecule has 5 heterocycles. The van der Waals surface area contributed by atoms with Gasteiger partial charge in [0.2, 0.25) is 0 Å². The number of amides is 1. The molecule has 1 aliphatic rings. The van der Waals surface area contributed by atoms with Crippen molar-refractivity contribution >= 4 is 22.6 Å². The SMILES string of the molecule is O=C(c1ccc(-c2ccc3ncc(C#Cc4c[nH]c5ncc(C(F)(F)F)cc45)n3n2)cc1)N1CCOCC1. The number of hydrogen-bond acceptors (Lipinski definition) is 5. The van der Waals surface area contributed by atoms with Gasteiger partial charge in [0.1, 0.15) is 11.3 Å². The van der Waals surface area contributed by atoms with Crippen LogP contribution in [0.4, 0.5) is 13.2 Å². The molecule has 1 aromatic carbocycles. The molecule has 0 spiro atoms. The largest absolute Gasteiger partial charge is 0.417 e. The number of hydrogen-bond donors (Lipinski definition) is 1. The van der Waals surface area contributed by atoms with Gasteiger partial charge in [0.05, 0.1) is 36.2 Å². The summed E-state index contributed by atoms with van der Waals surface area (Å²) < 4.78 is 46.3. The number of nitrogens with one attached hydrogen (secondary N) is 1. The van der Waals surface area contributed by atoms with Crippen LogP contribution in [0.1, 0.15) is 27.2 Å². The van der Waals surface area contributed by atoms with Gasteiger partial charge < -0.3 is 14.6 Å². The third-order valence-corrected chi connectivity index (χ3v) is 6.27. The number of fused-ring (bicyclic) bond motifs is 2. The zero-order chi connectivity index (χ0) is 26.3. The number of carbonyl (C=O) groups excluding carboxylic acids is 1. The number of halogens is 3. The summed E-state index contributed by atoms with van der Waals surface area (Å²) in [5.74, 6) is 5.83. The molecule has 38 heavy (non-hydrogen) atoms. The van der Waals surface area contributed by atoms with E-state index in [0.717, 1.165) is 17.8 Å². The van der Waals surface area contributed by atoms with Crippen molar-refractivity contribution in [1.82, 2.24) is 29.5 Å². The number of pyridine rings is 1. The lowest BCUT2D eigenvalue weighted by molar-refractivity contribution is -0.137. The number of imidazole rings is 1. The van der Waals surface area contributed by atoms with Crippen molar-refractivity contribution in [2.75, 3.05) is 26.3 Å². The molecule has 1 saturated heterocycles.